The fraction of sp³-hybridized carbons (Fsp3) is 0.688. The van der Waals surface area contributed by atoms with Crippen LogP contribution in [0.4, 0.5) is 0 Å². The molecule has 0 radical (unpaired) electrons. The smallest absolute Gasteiger partial charge is 0.314 e. The first-order chi connectivity index (χ1) is 17.6. The van der Waals surface area contributed by atoms with Crippen molar-refractivity contribution in [1.29, 1.82) is 0 Å². The van der Waals surface area contributed by atoms with Crippen molar-refractivity contribution in [2.45, 2.75) is 103 Å². The lowest BCUT2D eigenvalue weighted by molar-refractivity contribution is -0.140. The second-order valence-corrected chi connectivity index (χ2v) is 10.8. The summed E-state index contributed by atoms with van der Waals surface area (Å²) in [5.41, 5.74) is 1.32. The Morgan fingerprint density at radius 3 is 2.06 bits per heavy atom. The quantitative estimate of drug-likeness (QED) is 0.0905. The van der Waals surface area contributed by atoms with E-state index in [-0.39, 0.29) is 11.9 Å². The van der Waals surface area contributed by atoms with Crippen LogP contribution in [0.1, 0.15) is 102 Å². The Bertz CT molecular complexity index is 719. The zero-order valence-electron chi connectivity index (χ0n) is 22.9. The zero-order valence-corrected chi connectivity index (χ0v) is 22.9. The van der Waals surface area contributed by atoms with E-state index in [9.17, 15) is 4.79 Å². The van der Waals surface area contributed by atoms with E-state index in [0.717, 1.165) is 50.0 Å². The third kappa shape index (κ3) is 11.4. The molecule has 3 rings (SSSR count). The molecule has 0 spiro atoms. The summed E-state index contributed by atoms with van der Waals surface area (Å²) in [5.74, 6) is 3.52. The van der Waals surface area contributed by atoms with Crippen LogP contribution in [0, 0.1) is 23.7 Å². The molecule has 1 aromatic carbocycles. The third-order valence-electron chi connectivity index (χ3n) is 8.16. The maximum Gasteiger partial charge on any atom is 0.314 e. The van der Waals surface area contributed by atoms with Crippen LogP contribution in [0.2, 0.25) is 0 Å². The van der Waals surface area contributed by atoms with E-state index >= 15 is 0 Å². The summed E-state index contributed by atoms with van der Waals surface area (Å²) >= 11 is 0. The van der Waals surface area contributed by atoms with Crippen molar-refractivity contribution in [1.82, 2.24) is 0 Å². The van der Waals surface area contributed by atoms with Gasteiger partial charge in [-0.05, 0) is 99.3 Å². The number of hydrogen-bond acceptors (Lipinski definition) is 4. The lowest BCUT2D eigenvalue weighted by Crippen LogP contribution is -2.30. The van der Waals surface area contributed by atoms with Crippen molar-refractivity contribution >= 4 is 12.3 Å². The highest BCUT2D eigenvalue weighted by atomic mass is 16.5. The summed E-state index contributed by atoms with van der Waals surface area (Å²) < 4.78 is 10.8. The standard InChI is InChI=1S/C29H46O3.C3H4O/c1-3-8-23-10-14-25(15-11-23)26-16-18-27(19-17-26)29(30)32-28-20-12-24(13-21-28)9-6-4-5-7-22-31-2;1-2-3-4/h12-13,20-21,23,25-27H,3-11,14-19,22H2,1-2H3;2-3H,1H2. The topological polar surface area (TPSA) is 52.6 Å². The van der Waals surface area contributed by atoms with Gasteiger partial charge in [0, 0.05) is 13.7 Å². The van der Waals surface area contributed by atoms with Gasteiger partial charge < -0.3 is 9.47 Å². The predicted molar refractivity (Wildman–Crippen MR) is 148 cm³/mol. The van der Waals surface area contributed by atoms with Crippen LogP contribution < -0.4 is 4.74 Å². The Balaban J connectivity index is 0.00000106. The van der Waals surface area contributed by atoms with Gasteiger partial charge in [-0.2, -0.15) is 0 Å². The van der Waals surface area contributed by atoms with Gasteiger partial charge in [0.1, 0.15) is 12.0 Å². The first kappa shape index (κ1) is 30.3. The number of unbranched alkanes of at least 4 members (excludes halogenated alkanes) is 3. The Morgan fingerprint density at radius 2 is 1.50 bits per heavy atom. The highest BCUT2D eigenvalue weighted by Crippen LogP contribution is 2.42. The molecule has 0 heterocycles. The number of hydrogen-bond donors (Lipinski definition) is 0. The second-order valence-electron chi connectivity index (χ2n) is 10.8. The molecule has 0 saturated heterocycles. The second kappa shape index (κ2) is 18.3. The van der Waals surface area contributed by atoms with E-state index in [4.69, 9.17) is 14.3 Å². The molecule has 202 valence electrons. The Kier molecular flexibility index (Phi) is 15.4. The van der Waals surface area contributed by atoms with Gasteiger partial charge in [0.2, 0.25) is 0 Å². The number of methoxy groups -OCH3 is 1. The SMILES string of the molecule is C=CC=O.CCCC1CCC(C2CCC(C(=O)Oc3ccc(CCCCCCOC)cc3)CC2)CC1. The highest BCUT2D eigenvalue weighted by Gasteiger charge is 2.33. The minimum absolute atomic E-state index is 0.0130. The van der Waals surface area contributed by atoms with Crippen LogP contribution in [0.5, 0.6) is 5.75 Å². The molecule has 2 aliphatic rings. The Morgan fingerprint density at radius 1 is 0.917 bits per heavy atom. The molecule has 4 nitrogen and oxygen atoms in total. The normalized spacial score (nSPS) is 23.7. The maximum absolute atomic E-state index is 12.7. The largest absolute Gasteiger partial charge is 0.426 e. The van der Waals surface area contributed by atoms with E-state index < -0.39 is 0 Å². The molecule has 36 heavy (non-hydrogen) atoms. The van der Waals surface area contributed by atoms with Crippen LogP contribution in [0.15, 0.2) is 36.9 Å². The molecule has 1 aromatic rings. The molecule has 0 bridgehead atoms. The number of carbonyl (C=O) groups excluding carboxylic acids is 2. The summed E-state index contributed by atoms with van der Waals surface area (Å²) in [5, 5.41) is 0. The van der Waals surface area contributed by atoms with E-state index in [2.05, 4.69) is 25.6 Å². The molecular weight excluding hydrogens is 448 g/mol. The van der Waals surface area contributed by atoms with Gasteiger partial charge in [0.05, 0.1) is 5.92 Å². The molecule has 0 aliphatic heterocycles. The number of carbonyl (C=O) groups is 2. The van der Waals surface area contributed by atoms with Crippen LogP contribution in [-0.2, 0) is 20.7 Å². The van der Waals surface area contributed by atoms with Crippen molar-refractivity contribution in [3.63, 3.8) is 0 Å². The lowest BCUT2D eigenvalue weighted by Gasteiger charge is -2.37. The maximum atomic E-state index is 12.7. The Hall–Kier alpha value is -1.94. The fourth-order valence-electron chi connectivity index (χ4n) is 6.04. The molecule has 2 aliphatic carbocycles. The molecule has 2 saturated carbocycles. The van der Waals surface area contributed by atoms with E-state index in [1.54, 1.807) is 7.11 Å². The number of aryl methyl sites for hydroxylation is 1. The number of esters is 1. The van der Waals surface area contributed by atoms with Crippen LogP contribution in [0.3, 0.4) is 0 Å². The van der Waals surface area contributed by atoms with Crippen LogP contribution >= 0.6 is 0 Å². The monoisotopic (exact) mass is 498 g/mol. The van der Waals surface area contributed by atoms with Gasteiger partial charge in [-0.1, -0.05) is 64.2 Å². The van der Waals surface area contributed by atoms with Gasteiger partial charge in [0.15, 0.2) is 0 Å². The van der Waals surface area contributed by atoms with Gasteiger partial charge in [-0.25, -0.2) is 0 Å². The summed E-state index contributed by atoms with van der Waals surface area (Å²) in [6.07, 6.45) is 20.7. The summed E-state index contributed by atoms with van der Waals surface area (Å²) in [4.78, 5) is 21.8. The molecule has 0 N–H and O–H groups in total. The number of ether oxygens (including phenoxy) is 2. The Labute approximate surface area is 220 Å². The predicted octanol–water partition coefficient (Wildman–Crippen LogP) is 8.13. The molecule has 0 atom stereocenters. The molecule has 4 heteroatoms. The van der Waals surface area contributed by atoms with Gasteiger partial charge >= 0.3 is 5.97 Å². The van der Waals surface area contributed by atoms with Gasteiger partial charge in [-0.3, -0.25) is 9.59 Å². The van der Waals surface area contributed by atoms with Crippen molar-refractivity contribution in [2.24, 2.45) is 23.7 Å². The average Bonchev–Trinajstić information content (AvgIpc) is 2.92. The van der Waals surface area contributed by atoms with Crippen LogP contribution in [-0.4, -0.2) is 26.0 Å². The number of benzene rings is 1. The summed E-state index contributed by atoms with van der Waals surface area (Å²) in [6, 6.07) is 8.17. The number of rotatable bonds is 13. The third-order valence-corrected chi connectivity index (χ3v) is 8.16. The molecule has 0 amide bonds. The minimum atomic E-state index is -0.0130. The van der Waals surface area contributed by atoms with E-state index in [0.29, 0.717) is 12.0 Å². The van der Waals surface area contributed by atoms with Gasteiger partial charge in [-0.15, -0.1) is 0 Å². The zero-order chi connectivity index (χ0) is 26.0. The lowest BCUT2D eigenvalue weighted by atomic mass is 9.69. The van der Waals surface area contributed by atoms with Crippen molar-refractivity contribution in [3.8, 4) is 5.75 Å². The highest BCUT2D eigenvalue weighted by molar-refractivity contribution is 5.75. The first-order valence-electron chi connectivity index (χ1n) is 14.5. The summed E-state index contributed by atoms with van der Waals surface area (Å²) in [7, 11) is 1.76. The molecule has 0 aromatic heterocycles. The average molecular weight is 499 g/mol. The van der Waals surface area contributed by atoms with Crippen molar-refractivity contribution in [2.75, 3.05) is 13.7 Å². The number of aldehydes is 1. The summed E-state index contributed by atoms with van der Waals surface area (Å²) in [6.45, 7) is 6.29. The van der Waals surface area contributed by atoms with E-state index in [1.807, 2.05) is 12.1 Å². The van der Waals surface area contributed by atoms with Crippen molar-refractivity contribution < 1.29 is 19.1 Å². The number of allylic oxidation sites excluding steroid dienone is 1. The molecular formula is C32H50O4. The molecule has 2 fully saturated rings. The van der Waals surface area contributed by atoms with Crippen molar-refractivity contribution in [3.05, 3.63) is 42.5 Å². The minimum Gasteiger partial charge on any atom is -0.426 e. The molecule has 0 unspecified atom stereocenters. The fourth-order valence-corrected chi connectivity index (χ4v) is 6.04. The first-order valence-corrected chi connectivity index (χ1v) is 14.5. The van der Waals surface area contributed by atoms with Crippen LogP contribution in [0.25, 0.3) is 0 Å². The van der Waals surface area contributed by atoms with Gasteiger partial charge in [0.25, 0.3) is 0 Å². The van der Waals surface area contributed by atoms with E-state index in [1.165, 1.54) is 82.3 Å².